The van der Waals surface area contributed by atoms with E-state index in [1.165, 1.54) is 32.1 Å². The quantitative estimate of drug-likeness (QED) is 0.737. The second-order valence-electron chi connectivity index (χ2n) is 6.33. The summed E-state index contributed by atoms with van der Waals surface area (Å²) >= 11 is 0. The van der Waals surface area contributed by atoms with Crippen LogP contribution in [0.3, 0.4) is 0 Å². The number of ether oxygens (including phenoxy) is 1. The van der Waals surface area contributed by atoms with Crippen LogP contribution in [0.4, 0.5) is 0 Å². The Morgan fingerprint density at radius 2 is 2.00 bits per heavy atom. The van der Waals surface area contributed by atoms with Crippen LogP contribution in [0.2, 0.25) is 0 Å². The summed E-state index contributed by atoms with van der Waals surface area (Å²) in [5.74, 6) is 2.44. The molecule has 1 aliphatic carbocycles. The third kappa shape index (κ3) is 6.42. The summed E-state index contributed by atoms with van der Waals surface area (Å²) in [5.41, 5.74) is 0. The fourth-order valence-electron chi connectivity index (χ4n) is 3.07. The van der Waals surface area contributed by atoms with E-state index in [1.807, 2.05) is 0 Å². The van der Waals surface area contributed by atoms with Crippen molar-refractivity contribution in [3.63, 3.8) is 0 Å². The zero-order chi connectivity index (χ0) is 12.7. The molecule has 0 radical (unpaired) electrons. The molecule has 0 aromatic rings. The summed E-state index contributed by atoms with van der Waals surface area (Å²) in [4.78, 5) is 0. The fourth-order valence-corrected chi connectivity index (χ4v) is 3.07. The smallest absolute Gasteiger partial charge is 0.0499 e. The summed E-state index contributed by atoms with van der Waals surface area (Å²) < 4.78 is 5.18. The van der Waals surface area contributed by atoms with E-state index in [9.17, 15) is 0 Å². The summed E-state index contributed by atoms with van der Waals surface area (Å²) in [5, 5.41) is 3.73. The van der Waals surface area contributed by atoms with Crippen LogP contribution >= 0.6 is 0 Å². The molecule has 3 atom stereocenters. The number of nitrogens with one attached hydrogen (secondary N) is 1. The molecule has 2 nitrogen and oxygen atoms in total. The molecule has 1 rings (SSSR count). The van der Waals surface area contributed by atoms with Crippen LogP contribution in [0.1, 0.15) is 52.9 Å². The van der Waals surface area contributed by atoms with Gasteiger partial charge in [0.25, 0.3) is 0 Å². The lowest BCUT2D eigenvalue weighted by atomic mass is 9.81. The van der Waals surface area contributed by atoms with Crippen molar-refractivity contribution in [2.45, 2.75) is 58.9 Å². The Morgan fingerprint density at radius 3 is 2.65 bits per heavy atom. The maximum absolute atomic E-state index is 5.18. The van der Waals surface area contributed by atoms with Gasteiger partial charge < -0.3 is 10.1 Å². The van der Waals surface area contributed by atoms with Gasteiger partial charge in [0.15, 0.2) is 0 Å². The highest BCUT2D eigenvalue weighted by atomic mass is 16.5. The van der Waals surface area contributed by atoms with Crippen molar-refractivity contribution in [1.82, 2.24) is 5.32 Å². The summed E-state index contributed by atoms with van der Waals surface area (Å²) in [6, 6.07) is 0.756. The molecule has 0 bridgehead atoms. The van der Waals surface area contributed by atoms with Gasteiger partial charge in [-0.3, -0.25) is 0 Å². The Bertz CT molecular complexity index is 193. The van der Waals surface area contributed by atoms with Gasteiger partial charge >= 0.3 is 0 Å². The first-order chi connectivity index (χ1) is 8.11. The SMILES string of the molecule is COCC(C)CNC1CCCC(CC(C)C)C1. The van der Waals surface area contributed by atoms with Gasteiger partial charge in [-0.2, -0.15) is 0 Å². The molecular formula is C15H31NO. The Morgan fingerprint density at radius 1 is 1.24 bits per heavy atom. The third-order valence-corrected chi connectivity index (χ3v) is 3.79. The largest absolute Gasteiger partial charge is 0.384 e. The molecular weight excluding hydrogens is 210 g/mol. The number of hydrogen-bond donors (Lipinski definition) is 1. The van der Waals surface area contributed by atoms with Crippen molar-refractivity contribution in [1.29, 1.82) is 0 Å². The molecule has 0 saturated heterocycles. The van der Waals surface area contributed by atoms with Crippen molar-refractivity contribution < 1.29 is 4.74 Å². The highest BCUT2D eigenvalue weighted by Crippen LogP contribution is 2.29. The zero-order valence-electron chi connectivity index (χ0n) is 12.2. The van der Waals surface area contributed by atoms with E-state index in [2.05, 4.69) is 26.1 Å². The normalized spacial score (nSPS) is 27.4. The average Bonchev–Trinajstić information content (AvgIpc) is 2.26. The predicted octanol–water partition coefficient (Wildman–Crippen LogP) is 3.46. The van der Waals surface area contributed by atoms with Crippen LogP contribution in [0.25, 0.3) is 0 Å². The monoisotopic (exact) mass is 241 g/mol. The van der Waals surface area contributed by atoms with Crippen molar-refractivity contribution in [3.8, 4) is 0 Å². The minimum atomic E-state index is 0.630. The minimum absolute atomic E-state index is 0.630. The molecule has 102 valence electrons. The molecule has 1 fully saturated rings. The maximum Gasteiger partial charge on any atom is 0.0499 e. The van der Waals surface area contributed by atoms with Crippen LogP contribution in [0, 0.1) is 17.8 Å². The Labute approximate surface area is 108 Å². The van der Waals surface area contributed by atoms with Crippen LogP contribution in [0.5, 0.6) is 0 Å². The molecule has 2 heteroatoms. The van der Waals surface area contributed by atoms with Gasteiger partial charge in [0.05, 0.1) is 0 Å². The van der Waals surface area contributed by atoms with Crippen LogP contribution < -0.4 is 5.32 Å². The van der Waals surface area contributed by atoms with E-state index in [0.717, 1.165) is 31.0 Å². The Kier molecular flexibility index (Phi) is 7.14. The first-order valence-electron chi connectivity index (χ1n) is 7.34. The average molecular weight is 241 g/mol. The molecule has 0 aromatic carbocycles. The minimum Gasteiger partial charge on any atom is -0.384 e. The second kappa shape index (κ2) is 8.10. The van der Waals surface area contributed by atoms with Crippen molar-refractivity contribution in [3.05, 3.63) is 0 Å². The van der Waals surface area contributed by atoms with E-state index in [1.54, 1.807) is 7.11 Å². The molecule has 0 spiro atoms. The van der Waals surface area contributed by atoms with Crippen molar-refractivity contribution in [2.75, 3.05) is 20.3 Å². The number of rotatable bonds is 7. The lowest BCUT2D eigenvalue weighted by molar-refractivity contribution is 0.153. The summed E-state index contributed by atoms with van der Waals surface area (Å²) in [7, 11) is 1.79. The van der Waals surface area contributed by atoms with E-state index >= 15 is 0 Å². The first-order valence-corrected chi connectivity index (χ1v) is 7.34. The zero-order valence-corrected chi connectivity index (χ0v) is 12.2. The van der Waals surface area contributed by atoms with Crippen LogP contribution in [-0.4, -0.2) is 26.3 Å². The molecule has 0 amide bonds. The molecule has 0 aliphatic heterocycles. The van der Waals surface area contributed by atoms with Gasteiger partial charge in [-0.15, -0.1) is 0 Å². The van der Waals surface area contributed by atoms with E-state index in [-0.39, 0.29) is 0 Å². The number of methoxy groups -OCH3 is 1. The van der Waals surface area contributed by atoms with Crippen molar-refractivity contribution >= 4 is 0 Å². The molecule has 1 saturated carbocycles. The van der Waals surface area contributed by atoms with Gasteiger partial charge in [-0.25, -0.2) is 0 Å². The number of hydrogen-bond acceptors (Lipinski definition) is 2. The summed E-state index contributed by atoms with van der Waals surface area (Å²) in [6.07, 6.45) is 7.02. The van der Waals surface area contributed by atoms with E-state index in [4.69, 9.17) is 4.74 Å². The molecule has 0 heterocycles. The maximum atomic E-state index is 5.18. The predicted molar refractivity (Wildman–Crippen MR) is 74.2 cm³/mol. The standard InChI is InChI=1S/C15H31NO/c1-12(2)8-14-6-5-7-15(9-14)16-10-13(3)11-17-4/h12-16H,5-11H2,1-4H3. The highest BCUT2D eigenvalue weighted by molar-refractivity contribution is 4.79. The molecule has 1 N–H and O–H groups in total. The summed E-state index contributed by atoms with van der Waals surface area (Å²) in [6.45, 7) is 8.92. The van der Waals surface area contributed by atoms with E-state index in [0.29, 0.717) is 5.92 Å². The fraction of sp³-hybridized carbons (Fsp3) is 1.00. The topological polar surface area (TPSA) is 21.3 Å². The van der Waals surface area contributed by atoms with Gasteiger partial charge in [0, 0.05) is 26.3 Å². The van der Waals surface area contributed by atoms with Gasteiger partial charge in [-0.05, 0) is 37.0 Å². The first kappa shape index (κ1) is 15.0. The van der Waals surface area contributed by atoms with Gasteiger partial charge in [-0.1, -0.05) is 33.6 Å². The highest BCUT2D eigenvalue weighted by Gasteiger charge is 2.22. The Balaban J connectivity index is 2.20. The second-order valence-corrected chi connectivity index (χ2v) is 6.33. The third-order valence-electron chi connectivity index (χ3n) is 3.79. The van der Waals surface area contributed by atoms with Crippen LogP contribution in [0.15, 0.2) is 0 Å². The molecule has 0 aromatic heterocycles. The lowest BCUT2D eigenvalue weighted by Crippen LogP contribution is -2.37. The molecule has 1 aliphatic rings. The molecule has 17 heavy (non-hydrogen) atoms. The van der Waals surface area contributed by atoms with Gasteiger partial charge in [0.1, 0.15) is 0 Å². The van der Waals surface area contributed by atoms with E-state index < -0.39 is 0 Å². The lowest BCUT2D eigenvalue weighted by Gasteiger charge is -2.31. The Hall–Kier alpha value is -0.0800. The van der Waals surface area contributed by atoms with Crippen LogP contribution in [-0.2, 0) is 4.74 Å². The van der Waals surface area contributed by atoms with Gasteiger partial charge in [0.2, 0.25) is 0 Å². The van der Waals surface area contributed by atoms with Crippen molar-refractivity contribution in [2.24, 2.45) is 17.8 Å². The molecule has 3 unspecified atom stereocenters.